The van der Waals surface area contributed by atoms with Gasteiger partial charge in [0.1, 0.15) is 5.82 Å². The summed E-state index contributed by atoms with van der Waals surface area (Å²) in [6.07, 6.45) is 0. The second-order valence-corrected chi connectivity index (χ2v) is 8.03. The zero-order valence-corrected chi connectivity index (χ0v) is 17.1. The van der Waals surface area contributed by atoms with Crippen LogP contribution in [0.1, 0.15) is 21.6 Å². The number of thiazole rings is 1. The Morgan fingerprint density at radius 2 is 2.00 bits per heavy atom. The van der Waals surface area contributed by atoms with E-state index < -0.39 is 0 Å². The fraction of sp³-hybridized carbons (Fsp3) is 0.150. The van der Waals surface area contributed by atoms with Crippen molar-refractivity contribution in [1.82, 2.24) is 14.8 Å². The highest BCUT2D eigenvalue weighted by Gasteiger charge is 2.19. The van der Waals surface area contributed by atoms with E-state index in [1.54, 1.807) is 28.9 Å². The SMILES string of the molecule is Cc1cc(NC(=O)c2ccc3c(c2)OCO3)n(-c2nc3c(C)ccc(Cl)c3s2)n1. The predicted molar refractivity (Wildman–Crippen MR) is 112 cm³/mol. The molecule has 1 aliphatic heterocycles. The Kier molecular flexibility index (Phi) is 4.18. The Bertz CT molecular complexity index is 1240. The van der Waals surface area contributed by atoms with Gasteiger partial charge in [-0.2, -0.15) is 9.78 Å². The van der Waals surface area contributed by atoms with Gasteiger partial charge in [0.15, 0.2) is 11.5 Å². The minimum absolute atomic E-state index is 0.159. The Morgan fingerprint density at radius 1 is 1.17 bits per heavy atom. The summed E-state index contributed by atoms with van der Waals surface area (Å²) in [6.45, 7) is 4.00. The first kappa shape index (κ1) is 18.0. The van der Waals surface area contributed by atoms with E-state index in [1.807, 2.05) is 26.0 Å². The molecule has 146 valence electrons. The van der Waals surface area contributed by atoms with Crippen LogP contribution in [0.25, 0.3) is 15.3 Å². The predicted octanol–water partition coefficient (Wildman–Crippen LogP) is 4.73. The van der Waals surface area contributed by atoms with Crippen molar-refractivity contribution in [2.24, 2.45) is 0 Å². The van der Waals surface area contributed by atoms with Gasteiger partial charge < -0.3 is 14.8 Å². The summed E-state index contributed by atoms with van der Waals surface area (Å²) in [5.41, 5.74) is 3.08. The van der Waals surface area contributed by atoms with Crippen LogP contribution in [0.2, 0.25) is 5.02 Å². The summed E-state index contributed by atoms with van der Waals surface area (Å²) in [4.78, 5) is 17.5. The van der Waals surface area contributed by atoms with Gasteiger partial charge in [0.05, 0.1) is 20.9 Å². The third-order valence-corrected chi connectivity index (χ3v) is 6.07. The fourth-order valence-electron chi connectivity index (χ4n) is 3.14. The van der Waals surface area contributed by atoms with E-state index in [4.69, 9.17) is 26.1 Å². The smallest absolute Gasteiger partial charge is 0.256 e. The molecule has 0 spiro atoms. The van der Waals surface area contributed by atoms with Gasteiger partial charge in [-0.25, -0.2) is 4.98 Å². The molecule has 0 fully saturated rings. The summed E-state index contributed by atoms with van der Waals surface area (Å²) in [5, 5.41) is 8.68. The number of carbonyl (C=O) groups is 1. The molecule has 0 radical (unpaired) electrons. The van der Waals surface area contributed by atoms with Crippen molar-refractivity contribution in [3.8, 4) is 16.6 Å². The molecule has 1 aliphatic rings. The topological polar surface area (TPSA) is 78.3 Å². The number of aryl methyl sites for hydroxylation is 2. The number of anilines is 1. The highest BCUT2D eigenvalue weighted by atomic mass is 35.5. The molecule has 29 heavy (non-hydrogen) atoms. The first-order chi connectivity index (χ1) is 14.0. The molecule has 0 aliphatic carbocycles. The molecule has 0 unspecified atom stereocenters. The van der Waals surface area contributed by atoms with E-state index >= 15 is 0 Å². The average molecular weight is 427 g/mol. The summed E-state index contributed by atoms with van der Waals surface area (Å²) in [5.74, 6) is 1.43. The van der Waals surface area contributed by atoms with E-state index in [0.29, 0.717) is 33.0 Å². The van der Waals surface area contributed by atoms with Crippen LogP contribution >= 0.6 is 22.9 Å². The van der Waals surface area contributed by atoms with Crippen molar-refractivity contribution in [1.29, 1.82) is 0 Å². The van der Waals surface area contributed by atoms with Crippen molar-refractivity contribution in [3.63, 3.8) is 0 Å². The molecule has 1 N–H and O–H groups in total. The minimum Gasteiger partial charge on any atom is -0.454 e. The maximum Gasteiger partial charge on any atom is 0.256 e. The van der Waals surface area contributed by atoms with Gasteiger partial charge in [0.25, 0.3) is 5.91 Å². The van der Waals surface area contributed by atoms with E-state index in [0.717, 1.165) is 21.5 Å². The van der Waals surface area contributed by atoms with Crippen molar-refractivity contribution in [2.75, 3.05) is 12.1 Å². The molecular formula is C20H15ClN4O3S. The molecule has 0 saturated heterocycles. The summed E-state index contributed by atoms with van der Waals surface area (Å²) >= 11 is 7.76. The van der Waals surface area contributed by atoms with Gasteiger partial charge in [-0.3, -0.25) is 4.79 Å². The number of halogens is 1. The van der Waals surface area contributed by atoms with Crippen molar-refractivity contribution >= 4 is 44.9 Å². The van der Waals surface area contributed by atoms with E-state index in [1.165, 1.54) is 11.3 Å². The lowest BCUT2D eigenvalue weighted by Gasteiger charge is -2.07. The van der Waals surface area contributed by atoms with Crippen LogP contribution in [0.4, 0.5) is 5.82 Å². The Balaban J connectivity index is 1.51. The average Bonchev–Trinajstić information content (AvgIpc) is 3.42. The number of amides is 1. The lowest BCUT2D eigenvalue weighted by molar-refractivity contribution is 0.102. The second-order valence-electron chi connectivity index (χ2n) is 6.64. The van der Waals surface area contributed by atoms with E-state index in [2.05, 4.69) is 10.4 Å². The number of nitrogens with one attached hydrogen (secondary N) is 1. The molecular weight excluding hydrogens is 412 g/mol. The molecule has 4 aromatic rings. The van der Waals surface area contributed by atoms with Gasteiger partial charge in [0, 0.05) is 11.6 Å². The summed E-state index contributed by atoms with van der Waals surface area (Å²) in [7, 11) is 0. The third-order valence-electron chi connectivity index (χ3n) is 4.58. The van der Waals surface area contributed by atoms with Gasteiger partial charge in [-0.1, -0.05) is 29.0 Å². The molecule has 2 aromatic heterocycles. The number of ether oxygens (including phenoxy) is 2. The van der Waals surface area contributed by atoms with E-state index in [9.17, 15) is 4.79 Å². The molecule has 9 heteroatoms. The number of hydrogen-bond donors (Lipinski definition) is 1. The Hall–Kier alpha value is -3.10. The summed E-state index contributed by atoms with van der Waals surface area (Å²) < 4.78 is 13.2. The number of hydrogen-bond acceptors (Lipinski definition) is 6. The van der Waals surface area contributed by atoms with Crippen LogP contribution < -0.4 is 14.8 Å². The van der Waals surface area contributed by atoms with Gasteiger partial charge in [-0.15, -0.1) is 0 Å². The van der Waals surface area contributed by atoms with Crippen LogP contribution in [0.15, 0.2) is 36.4 Å². The maximum absolute atomic E-state index is 12.8. The van der Waals surface area contributed by atoms with Gasteiger partial charge >= 0.3 is 0 Å². The molecule has 3 heterocycles. The van der Waals surface area contributed by atoms with Crippen LogP contribution in [-0.2, 0) is 0 Å². The molecule has 1 amide bonds. The second kappa shape index (κ2) is 6.75. The fourth-order valence-corrected chi connectivity index (χ4v) is 4.42. The third kappa shape index (κ3) is 3.10. The van der Waals surface area contributed by atoms with Crippen LogP contribution in [-0.4, -0.2) is 27.5 Å². The van der Waals surface area contributed by atoms with Crippen LogP contribution in [0.3, 0.4) is 0 Å². The van der Waals surface area contributed by atoms with Crippen molar-refractivity contribution in [2.45, 2.75) is 13.8 Å². The van der Waals surface area contributed by atoms with E-state index in [-0.39, 0.29) is 12.7 Å². The Labute approximate surface area is 174 Å². The minimum atomic E-state index is -0.278. The number of aromatic nitrogens is 3. The largest absolute Gasteiger partial charge is 0.454 e. The molecule has 0 atom stereocenters. The quantitative estimate of drug-likeness (QED) is 0.512. The van der Waals surface area contributed by atoms with Crippen molar-refractivity contribution < 1.29 is 14.3 Å². The maximum atomic E-state index is 12.8. The first-order valence-electron chi connectivity index (χ1n) is 8.83. The zero-order valence-electron chi connectivity index (χ0n) is 15.5. The first-order valence-corrected chi connectivity index (χ1v) is 10.0. The molecule has 7 nitrogen and oxygen atoms in total. The van der Waals surface area contributed by atoms with Crippen molar-refractivity contribution in [3.05, 3.63) is 58.2 Å². The lowest BCUT2D eigenvalue weighted by atomic mass is 10.2. The van der Waals surface area contributed by atoms with Gasteiger partial charge in [0.2, 0.25) is 11.9 Å². The Morgan fingerprint density at radius 3 is 2.83 bits per heavy atom. The number of fused-ring (bicyclic) bond motifs is 2. The lowest BCUT2D eigenvalue weighted by Crippen LogP contribution is -2.15. The van der Waals surface area contributed by atoms with Crippen LogP contribution in [0.5, 0.6) is 11.5 Å². The number of carbonyl (C=O) groups excluding carboxylic acids is 1. The highest BCUT2D eigenvalue weighted by Crippen LogP contribution is 2.35. The number of nitrogens with zero attached hydrogens (tertiary/aromatic N) is 3. The molecule has 2 aromatic carbocycles. The molecule has 5 rings (SSSR count). The highest BCUT2D eigenvalue weighted by molar-refractivity contribution is 7.21. The number of rotatable bonds is 3. The van der Waals surface area contributed by atoms with Crippen LogP contribution in [0, 0.1) is 13.8 Å². The normalized spacial score (nSPS) is 12.5. The molecule has 0 saturated carbocycles. The zero-order chi connectivity index (χ0) is 20.1. The summed E-state index contributed by atoms with van der Waals surface area (Å²) in [6, 6.07) is 10.7. The monoisotopic (exact) mass is 426 g/mol. The van der Waals surface area contributed by atoms with Gasteiger partial charge in [-0.05, 0) is 43.7 Å². The molecule has 0 bridgehead atoms. The number of benzene rings is 2. The standard InChI is InChI=1S/C20H15ClN4O3S/c1-10-3-5-13(21)18-17(10)23-20(29-18)25-16(7-11(2)24-25)22-19(26)12-4-6-14-15(8-12)28-9-27-14/h3-8H,9H2,1-2H3,(H,22,26).